The Labute approximate surface area is 203 Å². The van der Waals surface area contributed by atoms with Crippen molar-refractivity contribution in [1.29, 1.82) is 0 Å². The standard InChI is InChI=1S/C30H25F3O2/c1-3-5-22-10-11-23(18-27(22)31)30(34)35-24-14-12-21(13-15-24)26-17-16-25(28(32)29(26)33)20-8-6-19(4-2)7-9-20/h6-18H,3-5H2,1-2H3. The third-order valence-electron chi connectivity index (χ3n) is 5.94. The van der Waals surface area contributed by atoms with Gasteiger partial charge in [0.1, 0.15) is 11.6 Å². The first-order valence-electron chi connectivity index (χ1n) is 11.6. The molecule has 0 amide bonds. The molecule has 35 heavy (non-hydrogen) atoms. The first-order valence-corrected chi connectivity index (χ1v) is 11.6. The van der Waals surface area contributed by atoms with Crippen molar-refractivity contribution >= 4 is 5.97 Å². The molecule has 4 aromatic carbocycles. The van der Waals surface area contributed by atoms with Gasteiger partial charge in [-0.25, -0.2) is 18.0 Å². The van der Waals surface area contributed by atoms with Crippen LogP contribution < -0.4 is 4.74 Å². The lowest BCUT2D eigenvalue weighted by atomic mass is 9.98. The van der Waals surface area contributed by atoms with Crippen LogP contribution in [0.4, 0.5) is 13.2 Å². The van der Waals surface area contributed by atoms with E-state index >= 15 is 0 Å². The summed E-state index contributed by atoms with van der Waals surface area (Å²) in [7, 11) is 0. The van der Waals surface area contributed by atoms with Crippen molar-refractivity contribution in [3.63, 3.8) is 0 Å². The molecule has 178 valence electrons. The van der Waals surface area contributed by atoms with E-state index in [9.17, 15) is 18.0 Å². The van der Waals surface area contributed by atoms with Gasteiger partial charge in [-0.1, -0.05) is 74.9 Å². The zero-order valence-corrected chi connectivity index (χ0v) is 19.6. The minimum Gasteiger partial charge on any atom is -0.423 e. The van der Waals surface area contributed by atoms with Crippen LogP contribution in [0.2, 0.25) is 0 Å². The average Bonchev–Trinajstić information content (AvgIpc) is 2.87. The summed E-state index contributed by atoms with van der Waals surface area (Å²) in [6.45, 7) is 3.98. The monoisotopic (exact) mass is 474 g/mol. The molecule has 0 saturated heterocycles. The number of rotatable bonds is 7. The van der Waals surface area contributed by atoms with Crippen LogP contribution in [0.3, 0.4) is 0 Å². The Balaban J connectivity index is 1.52. The maximum Gasteiger partial charge on any atom is 0.343 e. The molecule has 0 atom stereocenters. The van der Waals surface area contributed by atoms with E-state index in [0.29, 0.717) is 23.1 Å². The van der Waals surface area contributed by atoms with E-state index in [4.69, 9.17) is 4.74 Å². The summed E-state index contributed by atoms with van der Waals surface area (Å²) >= 11 is 0. The minimum absolute atomic E-state index is 0.0992. The van der Waals surface area contributed by atoms with E-state index in [0.717, 1.165) is 24.5 Å². The Hall–Kier alpha value is -3.86. The Morgan fingerprint density at radius 2 is 1.31 bits per heavy atom. The second-order valence-corrected chi connectivity index (χ2v) is 8.31. The van der Waals surface area contributed by atoms with Gasteiger partial charge in [0.05, 0.1) is 5.56 Å². The largest absolute Gasteiger partial charge is 0.423 e. The first-order chi connectivity index (χ1) is 16.9. The molecule has 0 fully saturated rings. The Kier molecular flexibility index (Phi) is 7.35. The summed E-state index contributed by atoms with van der Waals surface area (Å²) in [6.07, 6.45) is 2.25. The average molecular weight is 475 g/mol. The molecule has 0 heterocycles. The minimum atomic E-state index is -0.950. The molecule has 0 aromatic heterocycles. The number of hydrogen-bond acceptors (Lipinski definition) is 2. The summed E-state index contributed by atoms with van der Waals surface area (Å²) in [5.74, 6) is -2.80. The zero-order valence-electron chi connectivity index (χ0n) is 19.6. The van der Waals surface area contributed by atoms with E-state index in [2.05, 4.69) is 0 Å². The van der Waals surface area contributed by atoms with E-state index in [1.165, 1.54) is 24.3 Å². The number of carbonyl (C=O) groups is 1. The second-order valence-electron chi connectivity index (χ2n) is 8.31. The molecule has 0 bridgehead atoms. The number of aryl methyl sites for hydroxylation is 2. The van der Waals surface area contributed by atoms with E-state index in [-0.39, 0.29) is 22.4 Å². The molecule has 5 heteroatoms. The van der Waals surface area contributed by atoms with Crippen LogP contribution in [0.5, 0.6) is 5.75 Å². The summed E-state index contributed by atoms with van der Waals surface area (Å²) in [5, 5.41) is 0. The molecule has 0 radical (unpaired) electrons. The fraction of sp³-hybridized carbons (Fsp3) is 0.167. The molecular formula is C30H25F3O2. The number of esters is 1. The van der Waals surface area contributed by atoms with Gasteiger partial charge >= 0.3 is 5.97 Å². The Morgan fingerprint density at radius 1 is 0.743 bits per heavy atom. The van der Waals surface area contributed by atoms with Gasteiger partial charge in [-0.2, -0.15) is 0 Å². The van der Waals surface area contributed by atoms with E-state index in [1.807, 2.05) is 26.0 Å². The predicted molar refractivity (Wildman–Crippen MR) is 132 cm³/mol. The van der Waals surface area contributed by atoms with Gasteiger partial charge in [0.15, 0.2) is 11.6 Å². The Bertz CT molecular complexity index is 1340. The summed E-state index contributed by atoms with van der Waals surface area (Å²) in [5.41, 5.74) is 3.09. The molecule has 0 unspecified atom stereocenters. The van der Waals surface area contributed by atoms with Gasteiger partial charge in [-0.15, -0.1) is 0 Å². The van der Waals surface area contributed by atoms with Crippen molar-refractivity contribution in [2.75, 3.05) is 0 Å². The van der Waals surface area contributed by atoms with Crippen LogP contribution in [0.25, 0.3) is 22.3 Å². The molecule has 4 aromatic rings. The lowest BCUT2D eigenvalue weighted by Gasteiger charge is -2.11. The van der Waals surface area contributed by atoms with Gasteiger partial charge in [0.2, 0.25) is 0 Å². The van der Waals surface area contributed by atoms with E-state index < -0.39 is 23.4 Å². The van der Waals surface area contributed by atoms with Gasteiger partial charge in [0.25, 0.3) is 0 Å². The van der Waals surface area contributed by atoms with Crippen molar-refractivity contribution in [3.8, 4) is 28.0 Å². The third-order valence-corrected chi connectivity index (χ3v) is 5.94. The highest BCUT2D eigenvalue weighted by Gasteiger charge is 2.17. The molecule has 0 saturated carbocycles. The van der Waals surface area contributed by atoms with Crippen molar-refractivity contribution in [1.82, 2.24) is 0 Å². The van der Waals surface area contributed by atoms with Crippen LogP contribution >= 0.6 is 0 Å². The highest BCUT2D eigenvalue weighted by molar-refractivity contribution is 5.91. The van der Waals surface area contributed by atoms with Crippen LogP contribution in [-0.2, 0) is 12.8 Å². The topological polar surface area (TPSA) is 26.3 Å². The molecule has 0 aliphatic heterocycles. The third kappa shape index (κ3) is 5.29. The molecule has 0 spiro atoms. The normalized spacial score (nSPS) is 10.9. The number of carbonyl (C=O) groups excluding carboxylic acids is 1. The fourth-order valence-electron chi connectivity index (χ4n) is 3.93. The van der Waals surface area contributed by atoms with Gasteiger partial charge < -0.3 is 4.74 Å². The molecule has 2 nitrogen and oxygen atoms in total. The fourth-order valence-corrected chi connectivity index (χ4v) is 3.93. The number of benzene rings is 4. The molecule has 0 N–H and O–H groups in total. The van der Waals surface area contributed by atoms with Crippen LogP contribution in [0.15, 0.2) is 78.9 Å². The summed E-state index contributed by atoms with van der Waals surface area (Å²) < 4.78 is 49.3. The quantitative estimate of drug-likeness (QED) is 0.199. The van der Waals surface area contributed by atoms with Gasteiger partial charge in [-0.3, -0.25) is 0 Å². The SMILES string of the molecule is CCCc1ccc(C(=O)Oc2ccc(-c3ccc(-c4ccc(CC)cc4)c(F)c3F)cc2)cc1F. The summed E-state index contributed by atoms with van der Waals surface area (Å²) in [4.78, 5) is 12.4. The van der Waals surface area contributed by atoms with E-state index in [1.54, 1.807) is 36.4 Å². The molecule has 0 aliphatic rings. The smallest absolute Gasteiger partial charge is 0.343 e. The van der Waals surface area contributed by atoms with Crippen molar-refractivity contribution < 1.29 is 22.7 Å². The number of ether oxygens (including phenoxy) is 1. The van der Waals surface area contributed by atoms with Crippen molar-refractivity contribution in [2.45, 2.75) is 33.1 Å². The Morgan fingerprint density at radius 3 is 1.83 bits per heavy atom. The lowest BCUT2D eigenvalue weighted by molar-refractivity contribution is 0.0734. The van der Waals surface area contributed by atoms with Crippen LogP contribution in [-0.4, -0.2) is 5.97 Å². The first kappa shape index (κ1) is 24.3. The maximum absolute atomic E-state index is 14.9. The lowest BCUT2D eigenvalue weighted by Crippen LogP contribution is -2.09. The zero-order chi connectivity index (χ0) is 24.9. The molecule has 4 rings (SSSR count). The highest BCUT2D eigenvalue weighted by Crippen LogP contribution is 2.32. The van der Waals surface area contributed by atoms with Crippen molar-refractivity contribution in [3.05, 3.63) is 113 Å². The van der Waals surface area contributed by atoms with Gasteiger partial charge in [-0.05, 0) is 59.4 Å². The highest BCUT2D eigenvalue weighted by atomic mass is 19.2. The van der Waals surface area contributed by atoms with Crippen molar-refractivity contribution in [2.24, 2.45) is 0 Å². The summed E-state index contributed by atoms with van der Waals surface area (Å²) in [6, 6.07) is 20.8. The van der Waals surface area contributed by atoms with Gasteiger partial charge in [0, 0.05) is 11.1 Å². The number of halogens is 3. The predicted octanol–water partition coefficient (Wildman–Crippen LogP) is 8.17. The number of hydrogen-bond donors (Lipinski definition) is 0. The molecular weight excluding hydrogens is 449 g/mol. The van der Waals surface area contributed by atoms with Crippen LogP contribution in [0.1, 0.15) is 41.8 Å². The maximum atomic E-state index is 14.9. The van der Waals surface area contributed by atoms with Crippen LogP contribution in [0, 0.1) is 17.5 Å². The second kappa shape index (κ2) is 10.6. The molecule has 0 aliphatic carbocycles.